The van der Waals surface area contributed by atoms with Gasteiger partial charge in [0, 0.05) is 44.0 Å². The van der Waals surface area contributed by atoms with Crippen LogP contribution in [0.2, 0.25) is 0 Å². The van der Waals surface area contributed by atoms with E-state index in [1.165, 1.54) is 6.07 Å². The van der Waals surface area contributed by atoms with E-state index in [4.69, 9.17) is 9.47 Å². The summed E-state index contributed by atoms with van der Waals surface area (Å²) in [5, 5.41) is 5.69. The molecule has 2 aliphatic rings. The first-order valence-corrected chi connectivity index (χ1v) is 11.9. The van der Waals surface area contributed by atoms with Gasteiger partial charge in [0.25, 0.3) is 0 Å². The molecule has 0 aliphatic carbocycles. The summed E-state index contributed by atoms with van der Waals surface area (Å²) in [6.45, 7) is 7.22. The lowest BCUT2D eigenvalue weighted by Crippen LogP contribution is -2.52. The van der Waals surface area contributed by atoms with Crippen molar-refractivity contribution < 1.29 is 23.5 Å². The molecule has 1 unspecified atom stereocenters. The zero-order chi connectivity index (χ0) is 24.8. The van der Waals surface area contributed by atoms with Crippen molar-refractivity contribution in [2.75, 3.05) is 50.8 Å². The van der Waals surface area contributed by atoms with Gasteiger partial charge >= 0.3 is 12.0 Å². The number of nitrogens with one attached hydrogen (secondary N) is 2. The minimum absolute atomic E-state index is 0.213. The summed E-state index contributed by atoms with van der Waals surface area (Å²) in [6, 6.07) is 13.0. The fraction of sp³-hybridized carbons (Fsp3) is 0.385. The molecule has 2 heterocycles. The van der Waals surface area contributed by atoms with Crippen LogP contribution in [0.5, 0.6) is 5.75 Å². The molecule has 0 radical (unpaired) electrons. The second-order valence-electron chi connectivity index (χ2n) is 8.33. The van der Waals surface area contributed by atoms with E-state index in [1.807, 2.05) is 42.2 Å². The lowest BCUT2D eigenvalue weighted by atomic mass is 9.94. The Hall–Kier alpha value is -3.59. The number of carbonyl (C=O) groups excluding carboxylic acids is 2. The van der Waals surface area contributed by atoms with Crippen molar-refractivity contribution in [1.82, 2.24) is 15.5 Å². The number of hydrogen-bond donors (Lipinski definition) is 2. The van der Waals surface area contributed by atoms with Crippen LogP contribution < -0.4 is 20.3 Å². The molecule has 2 aromatic carbocycles. The molecule has 1 saturated heterocycles. The van der Waals surface area contributed by atoms with Crippen LogP contribution in [0.25, 0.3) is 0 Å². The van der Waals surface area contributed by atoms with Crippen LogP contribution in [0.1, 0.15) is 25.5 Å². The molecule has 8 nitrogen and oxygen atoms in total. The smallest absolute Gasteiger partial charge is 0.338 e. The standard InChI is InChI=1S/C26H31FN4O4/c1-3-34-22-12-8-5-9-18(22)24-23(25(32)35-4-2)20(28-26(33)29-24)17-30-13-15-31(16-14-30)21-11-7-6-10-19(21)27/h5-12,24H,3-4,13-17H2,1-2H3,(H2,28,29,33). The van der Waals surface area contributed by atoms with Crippen molar-refractivity contribution >= 4 is 17.7 Å². The Morgan fingerprint density at radius 1 is 1.03 bits per heavy atom. The first-order valence-electron chi connectivity index (χ1n) is 11.9. The lowest BCUT2D eigenvalue weighted by Gasteiger charge is -2.38. The van der Waals surface area contributed by atoms with Crippen LogP contribution in [0, 0.1) is 5.82 Å². The Bertz CT molecular complexity index is 1100. The Morgan fingerprint density at radius 2 is 1.74 bits per heavy atom. The van der Waals surface area contributed by atoms with E-state index in [9.17, 15) is 14.0 Å². The molecule has 186 valence electrons. The maximum Gasteiger partial charge on any atom is 0.338 e. The number of urea groups is 1. The number of anilines is 1. The highest BCUT2D eigenvalue weighted by Gasteiger charge is 2.36. The summed E-state index contributed by atoms with van der Waals surface area (Å²) in [5.41, 5.74) is 2.13. The number of rotatable bonds is 8. The molecule has 9 heteroatoms. The summed E-state index contributed by atoms with van der Waals surface area (Å²) in [7, 11) is 0. The molecule has 35 heavy (non-hydrogen) atoms. The topological polar surface area (TPSA) is 83.1 Å². The summed E-state index contributed by atoms with van der Waals surface area (Å²) < 4.78 is 25.4. The van der Waals surface area contributed by atoms with Crippen LogP contribution in [-0.4, -0.2) is 62.8 Å². The number of para-hydroxylation sites is 2. The first kappa shape index (κ1) is 24.5. The number of hydrogen-bond acceptors (Lipinski definition) is 6. The Morgan fingerprint density at radius 3 is 2.46 bits per heavy atom. The second-order valence-corrected chi connectivity index (χ2v) is 8.33. The molecule has 2 N–H and O–H groups in total. The van der Waals surface area contributed by atoms with Gasteiger partial charge in [-0.05, 0) is 32.0 Å². The van der Waals surface area contributed by atoms with Crippen LogP contribution >= 0.6 is 0 Å². The van der Waals surface area contributed by atoms with Gasteiger partial charge in [0.1, 0.15) is 11.6 Å². The minimum atomic E-state index is -0.708. The second kappa shape index (κ2) is 11.2. The van der Waals surface area contributed by atoms with E-state index in [2.05, 4.69) is 15.5 Å². The summed E-state index contributed by atoms with van der Waals surface area (Å²) in [6.07, 6.45) is 0. The van der Waals surface area contributed by atoms with Crippen LogP contribution in [0.15, 0.2) is 59.8 Å². The minimum Gasteiger partial charge on any atom is -0.494 e. The highest BCUT2D eigenvalue weighted by atomic mass is 19.1. The van der Waals surface area contributed by atoms with Crippen molar-refractivity contribution in [3.63, 3.8) is 0 Å². The number of amides is 2. The van der Waals surface area contributed by atoms with Gasteiger partial charge in [-0.2, -0.15) is 0 Å². The van der Waals surface area contributed by atoms with Crippen LogP contribution in [-0.2, 0) is 9.53 Å². The average Bonchev–Trinajstić information content (AvgIpc) is 2.85. The first-order chi connectivity index (χ1) is 17.0. The Labute approximate surface area is 204 Å². The maximum absolute atomic E-state index is 14.2. The van der Waals surface area contributed by atoms with Gasteiger partial charge in [0.05, 0.1) is 30.5 Å². The lowest BCUT2D eigenvalue weighted by molar-refractivity contribution is -0.139. The zero-order valence-corrected chi connectivity index (χ0v) is 20.1. The number of piperazine rings is 1. The van der Waals surface area contributed by atoms with Crippen molar-refractivity contribution in [2.24, 2.45) is 0 Å². The van der Waals surface area contributed by atoms with Gasteiger partial charge in [0.2, 0.25) is 0 Å². The van der Waals surface area contributed by atoms with E-state index in [0.29, 0.717) is 67.6 Å². The fourth-order valence-corrected chi connectivity index (χ4v) is 4.51. The van der Waals surface area contributed by atoms with Gasteiger partial charge in [-0.1, -0.05) is 30.3 Å². The van der Waals surface area contributed by atoms with Crippen molar-refractivity contribution in [1.29, 1.82) is 0 Å². The quantitative estimate of drug-likeness (QED) is 0.563. The molecule has 0 aromatic heterocycles. The van der Waals surface area contributed by atoms with Gasteiger partial charge in [-0.3, -0.25) is 4.90 Å². The molecule has 1 atom stereocenters. The van der Waals surface area contributed by atoms with Crippen molar-refractivity contribution in [2.45, 2.75) is 19.9 Å². The van der Waals surface area contributed by atoms with Gasteiger partial charge < -0.3 is 25.0 Å². The predicted octanol–water partition coefficient (Wildman–Crippen LogP) is 3.22. The van der Waals surface area contributed by atoms with Gasteiger partial charge in [-0.15, -0.1) is 0 Å². The normalized spacial score (nSPS) is 18.7. The Kier molecular flexibility index (Phi) is 7.87. The maximum atomic E-state index is 14.2. The SMILES string of the molecule is CCOC(=O)C1=C(CN2CCN(c3ccccc3F)CC2)NC(=O)NC1c1ccccc1OCC. The number of esters is 1. The molecule has 0 bridgehead atoms. The van der Waals surface area contributed by atoms with E-state index in [0.717, 1.165) is 0 Å². The van der Waals surface area contributed by atoms with Crippen molar-refractivity contribution in [3.05, 3.63) is 71.2 Å². The van der Waals surface area contributed by atoms with E-state index < -0.39 is 18.0 Å². The molecule has 2 aliphatic heterocycles. The zero-order valence-electron chi connectivity index (χ0n) is 20.1. The molecule has 4 rings (SSSR count). The molecule has 2 amide bonds. The third-order valence-electron chi connectivity index (χ3n) is 6.13. The molecule has 0 spiro atoms. The molecular formula is C26H31FN4O4. The van der Waals surface area contributed by atoms with E-state index >= 15 is 0 Å². The number of ether oxygens (including phenoxy) is 2. The monoisotopic (exact) mass is 482 g/mol. The fourth-order valence-electron chi connectivity index (χ4n) is 4.51. The Balaban J connectivity index is 1.59. The average molecular weight is 483 g/mol. The molecule has 2 aromatic rings. The third-order valence-corrected chi connectivity index (χ3v) is 6.13. The van der Waals surface area contributed by atoms with E-state index in [-0.39, 0.29) is 12.4 Å². The van der Waals surface area contributed by atoms with E-state index in [1.54, 1.807) is 19.1 Å². The van der Waals surface area contributed by atoms with Crippen LogP contribution in [0.3, 0.4) is 0 Å². The highest BCUT2D eigenvalue weighted by molar-refractivity contribution is 5.95. The highest BCUT2D eigenvalue weighted by Crippen LogP contribution is 2.34. The van der Waals surface area contributed by atoms with Gasteiger partial charge in [-0.25, -0.2) is 14.0 Å². The largest absolute Gasteiger partial charge is 0.494 e. The van der Waals surface area contributed by atoms with Crippen LogP contribution in [0.4, 0.5) is 14.9 Å². The number of benzene rings is 2. The summed E-state index contributed by atoms with van der Waals surface area (Å²) >= 11 is 0. The molecule has 0 saturated carbocycles. The predicted molar refractivity (Wildman–Crippen MR) is 131 cm³/mol. The third kappa shape index (κ3) is 5.57. The number of halogens is 1. The molecular weight excluding hydrogens is 451 g/mol. The summed E-state index contributed by atoms with van der Waals surface area (Å²) in [5.74, 6) is -0.132. The molecule has 1 fully saturated rings. The summed E-state index contributed by atoms with van der Waals surface area (Å²) in [4.78, 5) is 29.9. The number of carbonyl (C=O) groups is 2. The van der Waals surface area contributed by atoms with Gasteiger partial charge in [0.15, 0.2) is 0 Å². The van der Waals surface area contributed by atoms with Crippen molar-refractivity contribution in [3.8, 4) is 5.75 Å². The number of nitrogens with zero attached hydrogens (tertiary/aromatic N) is 2.